The van der Waals surface area contributed by atoms with Crippen molar-refractivity contribution in [2.75, 3.05) is 44.7 Å². The zero-order valence-electron chi connectivity index (χ0n) is 13.8. The summed E-state index contributed by atoms with van der Waals surface area (Å²) in [6, 6.07) is 6.52. The highest BCUT2D eigenvalue weighted by Gasteiger charge is 2.22. The van der Waals surface area contributed by atoms with E-state index < -0.39 is 0 Å². The molecule has 2 rings (SSSR count). The number of benzene rings is 1. The molecule has 1 atom stereocenters. The van der Waals surface area contributed by atoms with Crippen molar-refractivity contribution in [3.05, 3.63) is 28.8 Å². The molecule has 1 aromatic rings. The summed E-state index contributed by atoms with van der Waals surface area (Å²) < 4.78 is 0. The van der Waals surface area contributed by atoms with Gasteiger partial charge in [0.25, 0.3) is 0 Å². The summed E-state index contributed by atoms with van der Waals surface area (Å²) in [5.74, 6) is 6.49. The van der Waals surface area contributed by atoms with Gasteiger partial charge in [-0.25, -0.2) is 0 Å². The highest BCUT2D eigenvalue weighted by molar-refractivity contribution is 6.30. The first-order valence-corrected chi connectivity index (χ1v) is 8.45. The molecule has 3 nitrogen and oxygen atoms in total. The monoisotopic (exact) mass is 319 g/mol. The molecule has 22 heavy (non-hydrogen) atoms. The molecule has 4 heteroatoms. The highest BCUT2D eigenvalue weighted by Crippen LogP contribution is 2.34. The summed E-state index contributed by atoms with van der Waals surface area (Å²) in [6.45, 7) is 9.08. The predicted octanol–water partition coefficient (Wildman–Crippen LogP) is 3.16. The van der Waals surface area contributed by atoms with Crippen LogP contribution in [0.25, 0.3) is 0 Å². The number of rotatable bonds is 5. The summed E-state index contributed by atoms with van der Waals surface area (Å²) in [5.41, 5.74) is 2.55. The molecule has 120 valence electrons. The molecule has 0 aromatic heterocycles. The lowest BCUT2D eigenvalue weighted by molar-refractivity contribution is 0.342. The molecule has 1 aromatic carbocycles. The lowest BCUT2D eigenvalue weighted by Gasteiger charge is -2.33. The molecule has 0 amide bonds. The second kappa shape index (κ2) is 8.43. The minimum atomic E-state index is 0.367. The second-order valence-corrected chi connectivity index (χ2v) is 6.10. The number of halogens is 1. The third-order valence-corrected chi connectivity index (χ3v) is 4.53. The minimum absolute atomic E-state index is 0.367. The lowest BCUT2D eigenvalue weighted by atomic mass is 9.97. The van der Waals surface area contributed by atoms with Gasteiger partial charge in [0.05, 0.1) is 13.1 Å². The number of nitrogens with zero attached hydrogens (tertiary/aromatic N) is 2. The quantitative estimate of drug-likeness (QED) is 0.841. The van der Waals surface area contributed by atoms with Crippen LogP contribution in [-0.2, 0) is 0 Å². The van der Waals surface area contributed by atoms with Crippen LogP contribution in [0.1, 0.15) is 31.9 Å². The Hall–Kier alpha value is -1.21. The van der Waals surface area contributed by atoms with Crippen molar-refractivity contribution >= 4 is 17.3 Å². The van der Waals surface area contributed by atoms with Crippen LogP contribution in [0, 0.1) is 11.8 Å². The van der Waals surface area contributed by atoms with Crippen LogP contribution in [0.3, 0.4) is 0 Å². The number of nitrogens with one attached hydrogen (secondary N) is 1. The molecule has 1 N–H and O–H groups in total. The molecule has 1 unspecified atom stereocenters. The Morgan fingerprint density at radius 1 is 1.32 bits per heavy atom. The standard InChI is InChI=1S/C18H26ClN3/c1-4-22(5-2)12-7-6-11-20-17-10-13-21(3)18-14-15(19)8-9-16(17)18/h8-9,14,17,20H,4-5,10-13H2,1-3H3. The van der Waals surface area contributed by atoms with E-state index >= 15 is 0 Å². The fraction of sp³-hybridized carbons (Fsp3) is 0.556. The topological polar surface area (TPSA) is 18.5 Å². The SMILES string of the molecule is CCN(CC)CC#CCNC1CCN(C)c2cc(Cl)ccc21. The molecule has 0 bridgehead atoms. The van der Waals surface area contributed by atoms with Gasteiger partial charge in [-0.1, -0.05) is 43.4 Å². The normalized spacial score (nSPS) is 17.1. The first kappa shape index (κ1) is 17.1. The summed E-state index contributed by atoms with van der Waals surface area (Å²) in [4.78, 5) is 4.59. The smallest absolute Gasteiger partial charge is 0.0601 e. The van der Waals surface area contributed by atoms with Crippen molar-refractivity contribution in [3.8, 4) is 11.8 Å². The van der Waals surface area contributed by atoms with Crippen molar-refractivity contribution < 1.29 is 0 Å². The average Bonchev–Trinajstić information content (AvgIpc) is 2.53. The Bertz CT molecular complexity index is 543. The first-order valence-electron chi connectivity index (χ1n) is 8.07. The van der Waals surface area contributed by atoms with E-state index in [4.69, 9.17) is 11.6 Å². The molecule has 0 saturated heterocycles. The molecular formula is C18H26ClN3. The van der Waals surface area contributed by atoms with Crippen LogP contribution >= 0.6 is 11.6 Å². The molecule has 0 aliphatic carbocycles. The van der Waals surface area contributed by atoms with Crippen LogP contribution in [0.5, 0.6) is 0 Å². The Morgan fingerprint density at radius 2 is 2.09 bits per heavy atom. The molecule has 1 heterocycles. The van der Waals surface area contributed by atoms with E-state index in [2.05, 4.69) is 60.0 Å². The zero-order valence-corrected chi connectivity index (χ0v) is 14.6. The van der Waals surface area contributed by atoms with Crippen LogP contribution in [0.15, 0.2) is 18.2 Å². The van der Waals surface area contributed by atoms with Crippen molar-refractivity contribution in [1.82, 2.24) is 10.2 Å². The van der Waals surface area contributed by atoms with Gasteiger partial charge in [0.1, 0.15) is 0 Å². The average molecular weight is 320 g/mol. The van der Waals surface area contributed by atoms with E-state index in [0.29, 0.717) is 6.04 Å². The molecular weight excluding hydrogens is 294 g/mol. The van der Waals surface area contributed by atoms with Crippen molar-refractivity contribution in [3.63, 3.8) is 0 Å². The molecule has 0 spiro atoms. The molecule has 1 aliphatic rings. The maximum atomic E-state index is 6.12. The Kier molecular flexibility index (Phi) is 6.57. The third-order valence-electron chi connectivity index (χ3n) is 4.29. The van der Waals surface area contributed by atoms with E-state index in [1.807, 2.05) is 6.07 Å². The van der Waals surface area contributed by atoms with Gasteiger partial charge in [0.15, 0.2) is 0 Å². The molecule has 1 aliphatic heterocycles. The van der Waals surface area contributed by atoms with E-state index in [1.165, 1.54) is 11.3 Å². The zero-order chi connectivity index (χ0) is 15.9. The number of hydrogen-bond donors (Lipinski definition) is 1. The van der Waals surface area contributed by atoms with Gasteiger partial charge in [-0.3, -0.25) is 10.2 Å². The van der Waals surface area contributed by atoms with Gasteiger partial charge < -0.3 is 4.90 Å². The maximum Gasteiger partial charge on any atom is 0.0601 e. The summed E-state index contributed by atoms with van der Waals surface area (Å²) in [7, 11) is 2.12. The van der Waals surface area contributed by atoms with Crippen LogP contribution < -0.4 is 10.2 Å². The van der Waals surface area contributed by atoms with E-state index in [0.717, 1.165) is 44.2 Å². The van der Waals surface area contributed by atoms with Gasteiger partial charge in [-0.15, -0.1) is 0 Å². The molecule has 0 saturated carbocycles. The summed E-state index contributed by atoms with van der Waals surface area (Å²) >= 11 is 6.12. The van der Waals surface area contributed by atoms with E-state index in [-0.39, 0.29) is 0 Å². The molecule has 0 fully saturated rings. The fourth-order valence-electron chi connectivity index (χ4n) is 2.80. The predicted molar refractivity (Wildman–Crippen MR) is 95.6 cm³/mol. The van der Waals surface area contributed by atoms with Gasteiger partial charge in [0, 0.05) is 30.3 Å². The largest absolute Gasteiger partial charge is 0.374 e. The number of fused-ring (bicyclic) bond motifs is 1. The van der Waals surface area contributed by atoms with Crippen molar-refractivity contribution in [2.24, 2.45) is 0 Å². The summed E-state index contributed by atoms with van der Waals surface area (Å²) in [6.07, 6.45) is 1.10. The van der Waals surface area contributed by atoms with E-state index in [1.54, 1.807) is 0 Å². The van der Waals surface area contributed by atoms with Crippen LogP contribution in [-0.4, -0.2) is 44.7 Å². The third kappa shape index (κ3) is 4.39. The Labute approximate surface area is 139 Å². The van der Waals surface area contributed by atoms with Gasteiger partial charge in [-0.2, -0.15) is 0 Å². The lowest BCUT2D eigenvalue weighted by Crippen LogP contribution is -2.33. The van der Waals surface area contributed by atoms with Gasteiger partial charge in [0.2, 0.25) is 0 Å². The Balaban J connectivity index is 1.92. The van der Waals surface area contributed by atoms with E-state index in [9.17, 15) is 0 Å². The second-order valence-electron chi connectivity index (χ2n) is 5.66. The van der Waals surface area contributed by atoms with Crippen molar-refractivity contribution in [2.45, 2.75) is 26.3 Å². The Morgan fingerprint density at radius 3 is 2.82 bits per heavy atom. The van der Waals surface area contributed by atoms with Crippen LogP contribution in [0.2, 0.25) is 5.02 Å². The van der Waals surface area contributed by atoms with Crippen LogP contribution in [0.4, 0.5) is 5.69 Å². The van der Waals surface area contributed by atoms with Crippen molar-refractivity contribution in [1.29, 1.82) is 0 Å². The maximum absolute atomic E-state index is 6.12. The minimum Gasteiger partial charge on any atom is -0.374 e. The highest BCUT2D eigenvalue weighted by atomic mass is 35.5. The number of hydrogen-bond acceptors (Lipinski definition) is 3. The fourth-order valence-corrected chi connectivity index (χ4v) is 2.97. The first-order chi connectivity index (χ1) is 10.7. The van der Waals surface area contributed by atoms with Gasteiger partial charge >= 0.3 is 0 Å². The number of anilines is 1. The van der Waals surface area contributed by atoms with Gasteiger partial charge in [-0.05, 0) is 37.2 Å². The summed E-state index contributed by atoms with van der Waals surface area (Å²) in [5, 5.41) is 4.36. The molecule has 0 radical (unpaired) electrons.